The number of carbonyl (C=O) groups is 1. The fourth-order valence-electron chi connectivity index (χ4n) is 2.88. The summed E-state index contributed by atoms with van der Waals surface area (Å²) in [4.78, 5) is 20.3. The Kier molecular flexibility index (Phi) is 7.75. The summed E-state index contributed by atoms with van der Waals surface area (Å²) in [5.41, 5.74) is 1.24. The van der Waals surface area contributed by atoms with Gasteiger partial charge in [0.15, 0.2) is 5.96 Å². The average molecular weight is 361 g/mol. The topological polar surface area (TPSA) is 57.2 Å². The molecule has 6 nitrogen and oxygen atoms in total. The summed E-state index contributed by atoms with van der Waals surface area (Å²) in [5, 5.41) is 3.45. The first-order valence-corrected chi connectivity index (χ1v) is 9.36. The first-order valence-electron chi connectivity index (χ1n) is 9.36. The molecule has 0 spiro atoms. The molecule has 1 aromatic rings. The minimum absolute atomic E-state index is 0.0184. The van der Waals surface area contributed by atoms with Crippen molar-refractivity contribution in [3.05, 3.63) is 29.8 Å². The van der Waals surface area contributed by atoms with E-state index in [4.69, 9.17) is 4.74 Å². The number of nitrogens with zero attached hydrogens (tertiary/aromatic N) is 3. The minimum Gasteiger partial charge on any atom is -0.497 e. The molecule has 1 heterocycles. The molecule has 144 valence electrons. The number of methoxy groups -OCH3 is 1. The van der Waals surface area contributed by atoms with Crippen molar-refractivity contribution in [3.63, 3.8) is 0 Å². The molecule has 0 aromatic heterocycles. The quantitative estimate of drug-likeness (QED) is 0.623. The number of aliphatic imine (C=N–C) groups is 1. The van der Waals surface area contributed by atoms with Crippen LogP contribution in [0.3, 0.4) is 0 Å². The molecule has 1 aromatic carbocycles. The van der Waals surface area contributed by atoms with Crippen LogP contribution in [0.5, 0.6) is 5.75 Å². The number of ether oxygens (including phenoxy) is 1. The second kappa shape index (κ2) is 10.0. The van der Waals surface area contributed by atoms with Crippen LogP contribution in [0.15, 0.2) is 29.3 Å². The van der Waals surface area contributed by atoms with Gasteiger partial charge in [-0.1, -0.05) is 19.1 Å². The summed E-state index contributed by atoms with van der Waals surface area (Å²) in [6.07, 6.45) is 3.23. The number of piperidine rings is 1. The third-order valence-electron chi connectivity index (χ3n) is 4.80. The van der Waals surface area contributed by atoms with Crippen LogP contribution in [-0.4, -0.2) is 69.1 Å². The highest BCUT2D eigenvalue weighted by atomic mass is 16.5. The lowest BCUT2D eigenvalue weighted by Gasteiger charge is -2.33. The molecule has 0 saturated carbocycles. The Morgan fingerprint density at radius 1 is 1.27 bits per heavy atom. The lowest BCUT2D eigenvalue weighted by molar-refractivity contribution is -0.127. The Morgan fingerprint density at radius 2 is 1.92 bits per heavy atom. The number of guanidine groups is 1. The van der Waals surface area contributed by atoms with Gasteiger partial charge in [-0.25, -0.2) is 4.99 Å². The van der Waals surface area contributed by atoms with E-state index in [0.29, 0.717) is 0 Å². The van der Waals surface area contributed by atoms with Crippen LogP contribution in [0.25, 0.3) is 0 Å². The van der Waals surface area contributed by atoms with E-state index in [9.17, 15) is 4.79 Å². The monoisotopic (exact) mass is 360 g/mol. The highest BCUT2D eigenvalue weighted by Gasteiger charge is 2.19. The first-order chi connectivity index (χ1) is 12.5. The predicted octanol–water partition coefficient (Wildman–Crippen LogP) is 2.00. The van der Waals surface area contributed by atoms with Gasteiger partial charge in [0.2, 0.25) is 5.91 Å². The van der Waals surface area contributed by atoms with Crippen LogP contribution in [0.1, 0.15) is 25.3 Å². The van der Waals surface area contributed by atoms with Gasteiger partial charge in [0, 0.05) is 33.7 Å². The number of hydrogen-bond acceptors (Lipinski definition) is 3. The Hall–Kier alpha value is -2.24. The van der Waals surface area contributed by atoms with E-state index in [2.05, 4.69) is 34.3 Å². The smallest absolute Gasteiger partial charge is 0.243 e. The summed E-state index contributed by atoms with van der Waals surface area (Å²) in [7, 11) is 5.20. The molecule has 1 saturated heterocycles. The summed E-state index contributed by atoms with van der Waals surface area (Å²) < 4.78 is 5.20. The van der Waals surface area contributed by atoms with Gasteiger partial charge >= 0.3 is 0 Å². The maximum absolute atomic E-state index is 11.9. The number of likely N-dealkylation sites (N-methyl/N-ethyl adjacent to an activating group) is 1. The van der Waals surface area contributed by atoms with E-state index in [1.807, 2.05) is 12.1 Å². The van der Waals surface area contributed by atoms with Gasteiger partial charge in [-0.05, 0) is 42.9 Å². The molecule has 2 rings (SSSR count). The van der Waals surface area contributed by atoms with Crippen molar-refractivity contribution in [2.75, 3.05) is 47.4 Å². The lowest BCUT2D eigenvalue weighted by Crippen LogP contribution is -2.46. The zero-order valence-electron chi connectivity index (χ0n) is 16.5. The molecule has 1 amide bonds. The molecule has 0 unspecified atom stereocenters. The highest BCUT2D eigenvalue weighted by Crippen LogP contribution is 2.16. The van der Waals surface area contributed by atoms with Gasteiger partial charge in [0.05, 0.1) is 7.11 Å². The second-order valence-electron chi connectivity index (χ2n) is 7.12. The van der Waals surface area contributed by atoms with Gasteiger partial charge in [-0.15, -0.1) is 0 Å². The number of benzene rings is 1. The fourth-order valence-corrected chi connectivity index (χ4v) is 2.88. The number of nitrogens with one attached hydrogen (secondary N) is 1. The van der Waals surface area contributed by atoms with Crippen molar-refractivity contribution in [1.29, 1.82) is 0 Å². The Bertz CT molecular complexity index is 590. The van der Waals surface area contributed by atoms with Crippen molar-refractivity contribution < 1.29 is 9.53 Å². The van der Waals surface area contributed by atoms with E-state index in [0.717, 1.165) is 43.7 Å². The van der Waals surface area contributed by atoms with Gasteiger partial charge < -0.3 is 19.9 Å². The third kappa shape index (κ3) is 6.24. The normalized spacial score (nSPS) is 15.7. The maximum atomic E-state index is 11.9. The molecule has 0 atom stereocenters. The predicted molar refractivity (Wildman–Crippen MR) is 106 cm³/mol. The number of hydrogen-bond donors (Lipinski definition) is 1. The molecule has 0 aliphatic carbocycles. The van der Waals surface area contributed by atoms with Crippen LogP contribution in [0.2, 0.25) is 0 Å². The molecular weight excluding hydrogens is 328 g/mol. The van der Waals surface area contributed by atoms with Crippen molar-refractivity contribution >= 4 is 11.9 Å². The Labute approximate surface area is 157 Å². The van der Waals surface area contributed by atoms with Gasteiger partial charge in [-0.2, -0.15) is 0 Å². The molecule has 0 bridgehead atoms. The van der Waals surface area contributed by atoms with Gasteiger partial charge in [0.1, 0.15) is 12.3 Å². The third-order valence-corrected chi connectivity index (χ3v) is 4.80. The van der Waals surface area contributed by atoms with Crippen molar-refractivity contribution in [3.8, 4) is 5.75 Å². The molecule has 1 N–H and O–H groups in total. The molecular formula is C20H32N4O2. The van der Waals surface area contributed by atoms with E-state index >= 15 is 0 Å². The summed E-state index contributed by atoms with van der Waals surface area (Å²) in [6.45, 7) is 5.25. The largest absolute Gasteiger partial charge is 0.497 e. The fraction of sp³-hybridized carbons (Fsp3) is 0.600. The van der Waals surface area contributed by atoms with E-state index in [1.54, 1.807) is 26.1 Å². The van der Waals surface area contributed by atoms with Crippen molar-refractivity contribution in [1.82, 2.24) is 15.1 Å². The zero-order valence-corrected chi connectivity index (χ0v) is 16.5. The van der Waals surface area contributed by atoms with Crippen LogP contribution in [0.4, 0.5) is 0 Å². The maximum Gasteiger partial charge on any atom is 0.243 e. The summed E-state index contributed by atoms with van der Waals surface area (Å²) in [5.74, 6) is 2.49. The Balaban J connectivity index is 1.93. The van der Waals surface area contributed by atoms with Crippen molar-refractivity contribution in [2.24, 2.45) is 10.9 Å². The number of rotatable bonds is 6. The second-order valence-corrected chi connectivity index (χ2v) is 7.12. The van der Waals surface area contributed by atoms with E-state index in [-0.39, 0.29) is 12.5 Å². The van der Waals surface area contributed by atoms with E-state index < -0.39 is 0 Å². The molecule has 1 aliphatic heterocycles. The molecule has 26 heavy (non-hydrogen) atoms. The standard InChI is InChI=1S/C20H32N4O2/c1-16-10-13-24(14-11-16)20(22-15-19(25)23(2)3)21-12-9-17-5-7-18(26-4)8-6-17/h5-8,16H,9-15H2,1-4H3,(H,21,22). The van der Waals surface area contributed by atoms with Gasteiger partial charge in [-0.3, -0.25) is 4.79 Å². The van der Waals surface area contributed by atoms with Crippen LogP contribution in [-0.2, 0) is 11.2 Å². The van der Waals surface area contributed by atoms with Crippen molar-refractivity contribution in [2.45, 2.75) is 26.2 Å². The SMILES string of the molecule is COc1ccc(CCNC(=NCC(=O)N(C)C)N2CCC(C)CC2)cc1. The van der Waals surface area contributed by atoms with Crippen LogP contribution >= 0.6 is 0 Å². The molecule has 1 aliphatic rings. The Morgan fingerprint density at radius 3 is 2.50 bits per heavy atom. The lowest BCUT2D eigenvalue weighted by atomic mass is 9.99. The number of likely N-dealkylation sites (tertiary alicyclic amines) is 1. The highest BCUT2D eigenvalue weighted by molar-refractivity contribution is 5.84. The summed E-state index contributed by atoms with van der Waals surface area (Å²) in [6, 6.07) is 8.11. The molecule has 6 heteroatoms. The van der Waals surface area contributed by atoms with E-state index in [1.165, 1.54) is 18.4 Å². The first kappa shape index (κ1) is 20.1. The summed E-state index contributed by atoms with van der Waals surface area (Å²) >= 11 is 0. The number of amides is 1. The minimum atomic E-state index is 0.0184. The molecule has 1 fully saturated rings. The zero-order chi connectivity index (χ0) is 18.9. The van der Waals surface area contributed by atoms with Gasteiger partial charge in [0.25, 0.3) is 0 Å². The molecule has 0 radical (unpaired) electrons. The average Bonchev–Trinajstić information content (AvgIpc) is 2.65. The number of carbonyl (C=O) groups excluding carboxylic acids is 1. The van der Waals surface area contributed by atoms with Crippen LogP contribution in [0, 0.1) is 5.92 Å². The van der Waals surface area contributed by atoms with Crippen LogP contribution < -0.4 is 10.1 Å².